The zero-order valence-electron chi connectivity index (χ0n) is 16.9. The van der Waals surface area contributed by atoms with Crippen molar-refractivity contribution in [3.05, 3.63) is 42.5 Å². The SMILES string of the molecule is CCOc1ccc(NC(=O)CSc2nnc(-c3ccc(OC)c(OC)c3)n2N)cc1. The average Bonchev–Trinajstić information content (AvgIpc) is 3.13. The Kier molecular flexibility index (Phi) is 7.02. The van der Waals surface area contributed by atoms with E-state index in [9.17, 15) is 4.79 Å². The van der Waals surface area contributed by atoms with Crippen LogP contribution in [-0.4, -0.2) is 47.4 Å². The molecule has 9 nitrogen and oxygen atoms in total. The molecule has 0 saturated carbocycles. The Labute approximate surface area is 178 Å². The predicted molar refractivity (Wildman–Crippen MR) is 116 cm³/mol. The van der Waals surface area contributed by atoms with Gasteiger partial charge in [0.05, 0.1) is 26.6 Å². The molecule has 1 amide bonds. The Morgan fingerprint density at radius 1 is 1.10 bits per heavy atom. The highest BCUT2D eigenvalue weighted by Crippen LogP contribution is 2.32. The number of amides is 1. The monoisotopic (exact) mass is 429 g/mol. The molecule has 0 saturated heterocycles. The summed E-state index contributed by atoms with van der Waals surface area (Å²) in [5, 5.41) is 11.5. The summed E-state index contributed by atoms with van der Waals surface area (Å²) in [5.41, 5.74) is 1.40. The lowest BCUT2D eigenvalue weighted by atomic mass is 10.2. The van der Waals surface area contributed by atoms with E-state index >= 15 is 0 Å². The van der Waals surface area contributed by atoms with Gasteiger partial charge in [-0.25, -0.2) is 4.68 Å². The van der Waals surface area contributed by atoms with Crippen LogP contribution in [0.1, 0.15) is 6.92 Å². The minimum Gasteiger partial charge on any atom is -0.494 e. The van der Waals surface area contributed by atoms with Crippen molar-refractivity contribution in [3.63, 3.8) is 0 Å². The largest absolute Gasteiger partial charge is 0.494 e. The normalized spacial score (nSPS) is 10.5. The molecule has 3 rings (SSSR count). The molecule has 3 N–H and O–H groups in total. The maximum atomic E-state index is 12.2. The van der Waals surface area contributed by atoms with E-state index in [1.165, 1.54) is 16.4 Å². The summed E-state index contributed by atoms with van der Waals surface area (Å²) in [7, 11) is 3.12. The Bertz CT molecular complexity index is 1010. The van der Waals surface area contributed by atoms with Crippen molar-refractivity contribution in [2.24, 2.45) is 0 Å². The van der Waals surface area contributed by atoms with E-state index in [2.05, 4.69) is 15.5 Å². The van der Waals surface area contributed by atoms with Crippen molar-refractivity contribution in [1.82, 2.24) is 14.9 Å². The fraction of sp³-hybridized carbons (Fsp3) is 0.250. The van der Waals surface area contributed by atoms with Crippen molar-refractivity contribution in [2.75, 3.05) is 37.7 Å². The van der Waals surface area contributed by atoms with Crippen molar-refractivity contribution in [2.45, 2.75) is 12.1 Å². The number of hydrogen-bond donors (Lipinski definition) is 2. The lowest BCUT2D eigenvalue weighted by Crippen LogP contribution is -2.16. The molecule has 0 aliphatic heterocycles. The van der Waals surface area contributed by atoms with Crippen LogP contribution < -0.4 is 25.4 Å². The maximum Gasteiger partial charge on any atom is 0.234 e. The number of hydrogen-bond acceptors (Lipinski definition) is 8. The van der Waals surface area contributed by atoms with Gasteiger partial charge in [0, 0.05) is 11.3 Å². The van der Waals surface area contributed by atoms with Gasteiger partial charge in [0.2, 0.25) is 11.1 Å². The predicted octanol–water partition coefficient (Wildman–Crippen LogP) is 2.81. The number of rotatable bonds is 9. The smallest absolute Gasteiger partial charge is 0.234 e. The molecule has 158 valence electrons. The molecule has 0 atom stereocenters. The Hall–Kier alpha value is -3.40. The second-order valence-electron chi connectivity index (χ2n) is 6.04. The number of methoxy groups -OCH3 is 2. The van der Waals surface area contributed by atoms with E-state index < -0.39 is 0 Å². The van der Waals surface area contributed by atoms with Crippen LogP contribution in [0.3, 0.4) is 0 Å². The molecular weight excluding hydrogens is 406 g/mol. The van der Waals surface area contributed by atoms with Gasteiger partial charge in [-0.1, -0.05) is 11.8 Å². The molecule has 10 heteroatoms. The van der Waals surface area contributed by atoms with Gasteiger partial charge in [0.1, 0.15) is 5.75 Å². The van der Waals surface area contributed by atoms with Gasteiger partial charge in [0.25, 0.3) is 0 Å². The van der Waals surface area contributed by atoms with Crippen LogP contribution >= 0.6 is 11.8 Å². The molecule has 0 aliphatic carbocycles. The summed E-state index contributed by atoms with van der Waals surface area (Å²) in [5.74, 6) is 8.45. The molecule has 1 heterocycles. The van der Waals surface area contributed by atoms with Crippen LogP contribution in [0, 0.1) is 0 Å². The number of benzene rings is 2. The number of carbonyl (C=O) groups excluding carboxylic acids is 1. The van der Waals surface area contributed by atoms with Gasteiger partial charge in [-0.3, -0.25) is 4.79 Å². The Balaban J connectivity index is 1.63. The van der Waals surface area contributed by atoms with Crippen molar-refractivity contribution < 1.29 is 19.0 Å². The van der Waals surface area contributed by atoms with Gasteiger partial charge in [0.15, 0.2) is 17.3 Å². The molecule has 0 bridgehead atoms. The first-order valence-corrected chi connectivity index (χ1v) is 10.1. The average molecular weight is 430 g/mol. The number of nitrogens with zero attached hydrogens (tertiary/aromatic N) is 3. The molecule has 1 aromatic heterocycles. The van der Waals surface area contributed by atoms with E-state index in [0.29, 0.717) is 40.3 Å². The van der Waals surface area contributed by atoms with Crippen LogP contribution in [0.25, 0.3) is 11.4 Å². The summed E-state index contributed by atoms with van der Waals surface area (Å²) >= 11 is 1.19. The van der Waals surface area contributed by atoms with Crippen LogP contribution in [0.5, 0.6) is 17.2 Å². The fourth-order valence-electron chi connectivity index (χ4n) is 2.68. The number of nitrogens with one attached hydrogen (secondary N) is 1. The molecule has 0 unspecified atom stereocenters. The third-order valence-electron chi connectivity index (χ3n) is 4.09. The van der Waals surface area contributed by atoms with E-state index in [1.54, 1.807) is 50.6 Å². The summed E-state index contributed by atoms with van der Waals surface area (Å²) in [6.07, 6.45) is 0. The van der Waals surface area contributed by atoms with Gasteiger partial charge in [-0.2, -0.15) is 0 Å². The minimum atomic E-state index is -0.181. The molecule has 0 fully saturated rings. The van der Waals surface area contributed by atoms with Crippen molar-refractivity contribution in [1.29, 1.82) is 0 Å². The van der Waals surface area contributed by atoms with E-state index in [4.69, 9.17) is 20.1 Å². The standard InChI is InChI=1S/C20H23N5O4S/c1-4-29-15-8-6-14(7-9-15)22-18(26)12-30-20-24-23-19(25(20)21)13-5-10-16(27-2)17(11-13)28-3/h5-11H,4,12,21H2,1-3H3,(H,22,26). The second-order valence-corrected chi connectivity index (χ2v) is 6.98. The number of nitrogen functional groups attached to an aromatic ring is 1. The van der Waals surface area contributed by atoms with E-state index in [1.807, 2.05) is 13.0 Å². The molecule has 0 radical (unpaired) electrons. The van der Waals surface area contributed by atoms with E-state index in [-0.39, 0.29) is 11.7 Å². The number of anilines is 1. The lowest BCUT2D eigenvalue weighted by Gasteiger charge is -2.09. The van der Waals surface area contributed by atoms with E-state index in [0.717, 1.165) is 5.75 Å². The lowest BCUT2D eigenvalue weighted by molar-refractivity contribution is -0.113. The van der Waals surface area contributed by atoms with Gasteiger partial charge in [-0.15, -0.1) is 10.2 Å². The quantitative estimate of drug-likeness (QED) is 0.394. The third-order valence-corrected chi connectivity index (χ3v) is 5.03. The second kappa shape index (κ2) is 9.88. The molecular formula is C20H23N5O4S. The summed E-state index contributed by atoms with van der Waals surface area (Å²) in [6.45, 7) is 2.51. The first-order chi connectivity index (χ1) is 14.5. The van der Waals surface area contributed by atoms with Gasteiger partial charge in [-0.05, 0) is 49.4 Å². The molecule has 0 spiro atoms. The zero-order chi connectivity index (χ0) is 21.5. The zero-order valence-corrected chi connectivity index (χ0v) is 17.7. The van der Waals surface area contributed by atoms with Gasteiger partial charge < -0.3 is 25.4 Å². The number of aromatic nitrogens is 3. The Morgan fingerprint density at radius 2 is 1.83 bits per heavy atom. The maximum absolute atomic E-state index is 12.2. The summed E-state index contributed by atoms with van der Waals surface area (Å²) in [4.78, 5) is 12.2. The topological polar surface area (TPSA) is 114 Å². The van der Waals surface area contributed by atoms with Crippen LogP contribution in [0.2, 0.25) is 0 Å². The van der Waals surface area contributed by atoms with Crippen LogP contribution in [0.15, 0.2) is 47.6 Å². The number of nitrogens with two attached hydrogens (primary N) is 1. The van der Waals surface area contributed by atoms with Crippen LogP contribution in [-0.2, 0) is 4.79 Å². The summed E-state index contributed by atoms with van der Waals surface area (Å²) < 4.78 is 17.3. The number of carbonyl (C=O) groups is 1. The molecule has 30 heavy (non-hydrogen) atoms. The molecule has 3 aromatic rings. The summed E-state index contributed by atoms with van der Waals surface area (Å²) in [6, 6.07) is 12.5. The first kappa shape index (κ1) is 21.3. The minimum absolute atomic E-state index is 0.133. The number of thioether (sulfide) groups is 1. The van der Waals surface area contributed by atoms with Crippen molar-refractivity contribution >= 4 is 23.4 Å². The molecule has 0 aliphatic rings. The highest BCUT2D eigenvalue weighted by Gasteiger charge is 2.16. The third kappa shape index (κ3) is 4.95. The molecule has 2 aromatic carbocycles. The fourth-order valence-corrected chi connectivity index (χ4v) is 3.33. The Morgan fingerprint density at radius 3 is 2.50 bits per heavy atom. The first-order valence-electron chi connectivity index (χ1n) is 9.14. The highest BCUT2D eigenvalue weighted by molar-refractivity contribution is 7.99. The highest BCUT2D eigenvalue weighted by atomic mass is 32.2. The van der Waals surface area contributed by atoms with Gasteiger partial charge >= 0.3 is 0 Å². The van der Waals surface area contributed by atoms with Crippen molar-refractivity contribution in [3.8, 4) is 28.6 Å². The van der Waals surface area contributed by atoms with Crippen LogP contribution in [0.4, 0.5) is 5.69 Å². The number of ether oxygens (including phenoxy) is 3.